The first kappa shape index (κ1) is 23.1. The molecule has 33 heavy (non-hydrogen) atoms. The normalized spacial score (nSPS) is 21.2. The summed E-state index contributed by atoms with van der Waals surface area (Å²) in [6.07, 6.45) is -0.455. The molecule has 2 atom stereocenters. The second-order valence-corrected chi connectivity index (χ2v) is 10.1. The van der Waals surface area contributed by atoms with E-state index in [0.29, 0.717) is 16.8 Å². The summed E-state index contributed by atoms with van der Waals surface area (Å²) >= 11 is 0. The Kier molecular flexibility index (Phi) is 6.33. The first-order valence-corrected chi connectivity index (χ1v) is 12.1. The highest BCUT2D eigenvalue weighted by Crippen LogP contribution is 2.24. The molecule has 0 bridgehead atoms. The van der Waals surface area contributed by atoms with Gasteiger partial charge in [0.15, 0.2) is 0 Å². The lowest BCUT2D eigenvalue weighted by molar-refractivity contribution is -0.116. The van der Waals surface area contributed by atoms with Gasteiger partial charge in [-0.25, -0.2) is 8.42 Å². The Morgan fingerprint density at radius 1 is 0.970 bits per heavy atom. The Balaban J connectivity index is 1.35. The number of sulfonamides is 1. The highest BCUT2D eigenvalue weighted by molar-refractivity contribution is 7.89. The van der Waals surface area contributed by atoms with Crippen molar-refractivity contribution < 1.29 is 27.5 Å². The van der Waals surface area contributed by atoms with Gasteiger partial charge in [0.1, 0.15) is 0 Å². The average Bonchev–Trinajstić information content (AvgIpc) is 3.02. The van der Waals surface area contributed by atoms with E-state index < -0.39 is 27.7 Å². The van der Waals surface area contributed by atoms with Crippen molar-refractivity contribution in [3.05, 3.63) is 59.7 Å². The van der Waals surface area contributed by atoms with Crippen molar-refractivity contribution in [3.8, 4) is 0 Å². The lowest BCUT2D eigenvalue weighted by Gasteiger charge is -2.34. The quantitative estimate of drug-likeness (QED) is 0.646. The van der Waals surface area contributed by atoms with Gasteiger partial charge in [-0.3, -0.25) is 19.3 Å². The number of carbonyl (C=O) groups excluding carboxylic acids is 3. The van der Waals surface area contributed by atoms with Crippen molar-refractivity contribution in [1.82, 2.24) is 9.21 Å². The number of ether oxygens (including phenoxy) is 1. The van der Waals surface area contributed by atoms with E-state index in [0.717, 1.165) is 4.90 Å². The molecule has 0 unspecified atom stereocenters. The van der Waals surface area contributed by atoms with Crippen LogP contribution in [0.3, 0.4) is 0 Å². The van der Waals surface area contributed by atoms with Gasteiger partial charge < -0.3 is 10.1 Å². The zero-order chi connectivity index (χ0) is 23.8. The smallest absolute Gasteiger partial charge is 0.261 e. The first-order valence-electron chi connectivity index (χ1n) is 10.7. The maximum Gasteiger partial charge on any atom is 0.261 e. The molecule has 10 heteroatoms. The Hall–Kier alpha value is -3.08. The molecule has 0 aromatic heterocycles. The summed E-state index contributed by atoms with van der Waals surface area (Å²) in [4.78, 5) is 38.3. The van der Waals surface area contributed by atoms with E-state index in [1.807, 2.05) is 13.8 Å². The minimum absolute atomic E-state index is 0.0436. The number of fused-ring (bicyclic) bond motifs is 1. The Morgan fingerprint density at radius 2 is 1.52 bits per heavy atom. The van der Waals surface area contributed by atoms with Crippen molar-refractivity contribution >= 4 is 33.4 Å². The van der Waals surface area contributed by atoms with Gasteiger partial charge in [-0.1, -0.05) is 12.1 Å². The van der Waals surface area contributed by atoms with Gasteiger partial charge >= 0.3 is 0 Å². The molecule has 2 aliphatic heterocycles. The average molecular weight is 472 g/mol. The molecule has 0 saturated carbocycles. The lowest BCUT2D eigenvalue weighted by atomic mass is 10.1. The number of amides is 3. The molecule has 4 rings (SSSR count). The number of rotatable bonds is 6. The topological polar surface area (TPSA) is 113 Å². The monoisotopic (exact) mass is 471 g/mol. The molecule has 2 aromatic rings. The van der Waals surface area contributed by atoms with Crippen LogP contribution in [0.1, 0.15) is 41.0 Å². The van der Waals surface area contributed by atoms with Crippen LogP contribution in [0.5, 0.6) is 0 Å². The summed E-state index contributed by atoms with van der Waals surface area (Å²) in [5.41, 5.74) is 1.09. The second-order valence-electron chi connectivity index (χ2n) is 8.21. The molecule has 1 N–H and O–H groups in total. The number of nitrogens with one attached hydrogen (secondary N) is 1. The van der Waals surface area contributed by atoms with Crippen molar-refractivity contribution in [1.29, 1.82) is 0 Å². The third kappa shape index (κ3) is 4.68. The molecule has 1 fully saturated rings. The zero-order valence-electron chi connectivity index (χ0n) is 18.4. The molecule has 174 valence electrons. The maximum absolute atomic E-state index is 12.9. The summed E-state index contributed by atoms with van der Waals surface area (Å²) in [6, 6.07) is 12.5. The SMILES string of the molecule is C[C@H]1CN(S(=O)(=O)c2ccc(NC(=O)CCN3C(=O)c4ccccc4C3=O)cc2)C[C@H](C)O1. The fraction of sp³-hybridized carbons (Fsp3) is 0.348. The number of hydrogen-bond acceptors (Lipinski definition) is 6. The number of imide groups is 1. The minimum atomic E-state index is -3.67. The largest absolute Gasteiger partial charge is 0.373 e. The molecule has 2 heterocycles. The van der Waals surface area contributed by atoms with Gasteiger partial charge in [0, 0.05) is 31.7 Å². The molecule has 2 aromatic carbocycles. The van der Waals surface area contributed by atoms with E-state index >= 15 is 0 Å². The van der Waals surface area contributed by atoms with Crippen LogP contribution in [0, 0.1) is 0 Å². The second kappa shape index (κ2) is 9.05. The molecule has 3 amide bonds. The van der Waals surface area contributed by atoms with Crippen LogP contribution in [0.2, 0.25) is 0 Å². The third-order valence-electron chi connectivity index (χ3n) is 5.60. The number of morpholine rings is 1. The first-order chi connectivity index (χ1) is 15.7. The number of anilines is 1. The molecule has 9 nitrogen and oxygen atoms in total. The van der Waals surface area contributed by atoms with Gasteiger partial charge in [0.25, 0.3) is 11.8 Å². The maximum atomic E-state index is 12.9. The van der Waals surface area contributed by atoms with Crippen LogP contribution in [-0.4, -0.2) is 67.2 Å². The molecular weight excluding hydrogens is 446 g/mol. The van der Waals surface area contributed by atoms with E-state index in [9.17, 15) is 22.8 Å². The predicted octanol–water partition coefficient (Wildman–Crippen LogP) is 2.11. The summed E-state index contributed by atoms with van der Waals surface area (Å²) in [5.74, 6) is -1.22. The van der Waals surface area contributed by atoms with E-state index in [4.69, 9.17) is 4.74 Å². The summed E-state index contributed by atoms with van der Waals surface area (Å²) in [7, 11) is -3.67. The Morgan fingerprint density at radius 3 is 2.06 bits per heavy atom. The van der Waals surface area contributed by atoms with E-state index in [2.05, 4.69) is 5.32 Å². The molecule has 0 spiro atoms. The van der Waals surface area contributed by atoms with Crippen LogP contribution < -0.4 is 5.32 Å². The van der Waals surface area contributed by atoms with Crippen LogP contribution >= 0.6 is 0 Å². The summed E-state index contributed by atoms with van der Waals surface area (Å²) in [6.45, 7) is 4.18. The van der Waals surface area contributed by atoms with Gasteiger partial charge in [-0.05, 0) is 50.2 Å². The van der Waals surface area contributed by atoms with E-state index in [1.165, 1.54) is 28.6 Å². The van der Waals surface area contributed by atoms with Crippen molar-refractivity contribution in [2.75, 3.05) is 25.0 Å². The van der Waals surface area contributed by atoms with E-state index in [-0.39, 0.29) is 43.2 Å². The third-order valence-corrected chi connectivity index (χ3v) is 7.45. The molecular formula is C23H25N3O6S. The van der Waals surface area contributed by atoms with Crippen molar-refractivity contribution in [3.63, 3.8) is 0 Å². The van der Waals surface area contributed by atoms with E-state index in [1.54, 1.807) is 24.3 Å². The minimum Gasteiger partial charge on any atom is -0.373 e. The highest BCUT2D eigenvalue weighted by atomic mass is 32.2. The van der Waals surface area contributed by atoms with Crippen molar-refractivity contribution in [2.24, 2.45) is 0 Å². The Bertz CT molecular complexity index is 1150. The van der Waals surface area contributed by atoms with Crippen LogP contribution in [0.25, 0.3) is 0 Å². The Labute approximate surface area is 192 Å². The van der Waals surface area contributed by atoms with Crippen LogP contribution in [0.15, 0.2) is 53.4 Å². The molecule has 2 aliphatic rings. The van der Waals surface area contributed by atoms with Crippen LogP contribution in [-0.2, 0) is 19.6 Å². The lowest BCUT2D eigenvalue weighted by Crippen LogP contribution is -2.48. The summed E-state index contributed by atoms with van der Waals surface area (Å²) < 4.78 is 32.9. The van der Waals surface area contributed by atoms with Crippen LogP contribution in [0.4, 0.5) is 5.69 Å². The number of carbonyl (C=O) groups is 3. The number of hydrogen-bond donors (Lipinski definition) is 1. The molecule has 0 aliphatic carbocycles. The molecule has 0 radical (unpaired) electrons. The van der Waals surface area contributed by atoms with Gasteiger partial charge in [-0.2, -0.15) is 4.31 Å². The fourth-order valence-corrected chi connectivity index (χ4v) is 5.66. The van der Waals surface area contributed by atoms with Crippen molar-refractivity contribution in [2.45, 2.75) is 37.4 Å². The standard InChI is InChI=1S/C23H25N3O6S/c1-15-13-25(14-16(2)32-15)33(30,31)18-9-7-17(8-10-18)24-21(27)11-12-26-22(28)19-5-3-4-6-20(19)23(26)29/h3-10,15-16H,11-14H2,1-2H3,(H,24,27)/t15-,16-/m0/s1. The van der Waals surface area contributed by atoms with Gasteiger partial charge in [0.2, 0.25) is 15.9 Å². The van der Waals surface area contributed by atoms with Gasteiger partial charge in [0.05, 0.1) is 28.2 Å². The number of nitrogens with zero attached hydrogens (tertiary/aromatic N) is 2. The predicted molar refractivity (Wildman–Crippen MR) is 120 cm³/mol. The zero-order valence-corrected chi connectivity index (χ0v) is 19.2. The number of benzene rings is 2. The summed E-state index contributed by atoms with van der Waals surface area (Å²) in [5, 5.41) is 2.67. The van der Waals surface area contributed by atoms with Gasteiger partial charge in [-0.15, -0.1) is 0 Å². The molecule has 1 saturated heterocycles. The fourth-order valence-electron chi connectivity index (χ4n) is 4.07. The highest BCUT2D eigenvalue weighted by Gasteiger charge is 2.35.